The molecule has 1 fully saturated rings. The van der Waals surface area contributed by atoms with Crippen molar-refractivity contribution < 1.29 is 4.74 Å². The summed E-state index contributed by atoms with van der Waals surface area (Å²) >= 11 is 0. The first-order valence-electron chi connectivity index (χ1n) is 7.25. The molecule has 102 valence electrons. The van der Waals surface area contributed by atoms with Crippen LogP contribution in [0.25, 0.3) is 0 Å². The van der Waals surface area contributed by atoms with Crippen molar-refractivity contribution >= 4 is 0 Å². The largest absolute Gasteiger partial charge is 0.381 e. The summed E-state index contributed by atoms with van der Waals surface area (Å²) in [5, 5.41) is 3.59. The number of ether oxygens (including phenoxy) is 1. The Morgan fingerprint density at radius 3 is 2.94 bits per heavy atom. The van der Waals surface area contributed by atoms with Crippen LogP contribution in [0.15, 0.2) is 0 Å². The highest BCUT2D eigenvalue weighted by Crippen LogP contribution is 2.05. The maximum absolute atomic E-state index is 5.62. The lowest BCUT2D eigenvalue weighted by molar-refractivity contribution is 0.0946. The Bertz CT molecular complexity index is 183. The molecule has 17 heavy (non-hydrogen) atoms. The van der Waals surface area contributed by atoms with Crippen molar-refractivity contribution in [2.24, 2.45) is 5.92 Å². The van der Waals surface area contributed by atoms with Gasteiger partial charge in [0.05, 0.1) is 0 Å². The van der Waals surface area contributed by atoms with Gasteiger partial charge in [0.1, 0.15) is 0 Å². The van der Waals surface area contributed by atoms with Crippen LogP contribution in [0.3, 0.4) is 0 Å². The van der Waals surface area contributed by atoms with Gasteiger partial charge in [0.25, 0.3) is 0 Å². The minimum Gasteiger partial charge on any atom is -0.381 e. The van der Waals surface area contributed by atoms with Crippen LogP contribution >= 0.6 is 0 Å². The molecule has 1 unspecified atom stereocenters. The first-order chi connectivity index (χ1) is 8.22. The highest BCUT2D eigenvalue weighted by Gasteiger charge is 2.17. The van der Waals surface area contributed by atoms with Gasteiger partial charge in [0.2, 0.25) is 0 Å². The van der Waals surface area contributed by atoms with Gasteiger partial charge in [-0.15, -0.1) is 0 Å². The normalized spacial score (nSPS) is 22.2. The van der Waals surface area contributed by atoms with Gasteiger partial charge in [0, 0.05) is 45.4 Å². The molecular weight excluding hydrogens is 212 g/mol. The highest BCUT2D eigenvalue weighted by molar-refractivity contribution is 4.77. The molecule has 1 heterocycles. The second kappa shape index (κ2) is 8.90. The standard InChI is InChI=1S/C14H30N2O/c1-4-6-14-11-16(9-7-15-14)8-5-10-17-12-13(2)3/h13-15H,4-12H2,1-3H3. The lowest BCUT2D eigenvalue weighted by Gasteiger charge is -2.33. The number of piperazine rings is 1. The lowest BCUT2D eigenvalue weighted by Crippen LogP contribution is -2.50. The summed E-state index contributed by atoms with van der Waals surface area (Å²) in [5.74, 6) is 0.656. The topological polar surface area (TPSA) is 24.5 Å². The molecule has 1 atom stereocenters. The Kier molecular flexibility index (Phi) is 7.82. The van der Waals surface area contributed by atoms with Crippen LogP contribution in [0.5, 0.6) is 0 Å². The molecule has 0 spiro atoms. The summed E-state index contributed by atoms with van der Waals surface area (Å²) in [5.41, 5.74) is 0. The molecule has 1 aliphatic rings. The summed E-state index contributed by atoms with van der Waals surface area (Å²) in [6.07, 6.45) is 3.76. The van der Waals surface area contributed by atoms with E-state index in [1.165, 1.54) is 38.9 Å². The molecule has 0 aromatic carbocycles. The van der Waals surface area contributed by atoms with Gasteiger partial charge in [0.15, 0.2) is 0 Å². The monoisotopic (exact) mass is 242 g/mol. The smallest absolute Gasteiger partial charge is 0.0489 e. The fourth-order valence-electron chi connectivity index (χ4n) is 2.35. The van der Waals surface area contributed by atoms with E-state index in [9.17, 15) is 0 Å². The molecule has 0 amide bonds. The van der Waals surface area contributed by atoms with E-state index in [-0.39, 0.29) is 0 Å². The van der Waals surface area contributed by atoms with E-state index in [0.717, 1.165) is 19.8 Å². The quantitative estimate of drug-likeness (QED) is 0.660. The van der Waals surface area contributed by atoms with E-state index in [2.05, 4.69) is 31.0 Å². The average molecular weight is 242 g/mol. The third-order valence-corrected chi connectivity index (χ3v) is 3.19. The first kappa shape index (κ1) is 14.9. The molecule has 0 radical (unpaired) electrons. The summed E-state index contributed by atoms with van der Waals surface area (Å²) < 4.78 is 5.62. The van der Waals surface area contributed by atoms with Crippen LogP contribution in [0.1, 0.15) is 40.0 Å². The molecule has 3 nitrogen and oxygen atoms in total. The number of rotatable bonds is 8. The number of hydrogen-bond acceptors (Lipinski definition) is 3. The maximum Gasteiger partial charge on any atom is 0.0489 e. The zero-order valence-electron chi connectivity index (χ0n) is 11.9. The predicted molar refractivity (Wildman–Crippen MR) is 73.4 cm³/mol. The minimum absolute atomic E-state index is 0.656. The van der Waals surface area contributed by atoms with E-state index < -0.39 is 0 Å². The first-order valence-corrected chi connectivity index (χ1v) is 7.25. The number of nitrogens with zero attached hydrogens (tertiary/aromatic N) is 1. The second-order valence-corrected chi connectivity index (χ2v) is 5.56. The lowest BCUT2D eigenvalue weighted by atomic mass is 10.1. The molecule has 0 aromatic heterocycles. The SMILES string of the molecule is CCCC1CN(CCCOCC(C)C)CCN1. The molecule has 1 rings (SSSR count). The van der Waals surface area contributed by atoms with Gasteiger partial charge in [-0.05, 0) is 18.8 Å². The molecular formula is C14H30N2O. The molecule has 0 bridgehead atoms. The van der Waals surface area contributed by atoms with Crippen LogP contribution in [0, 0.1) is 5.92 Å². The van der Waals surface area contributed by atoms with Gasteiger partial charge >= 0.3 is 0 Å². The third-order valence-electron chi connectivity index (χ3n) is 3.19. The third kappa shape index (κ3) is 7.02. The highest BCUT2D eigenvalue weighted by atomic mass is 16.5. The van der Waals surface area contributed by atoms with Crippen molar-refractivity contribution in [1.82, 2.24) is 10.2 Å². The van der Waals surface area contributed by atoms with Crippen molar-refractivity contribution in [3.63, 3.8) is 0 Å². The van der Waals surface area contributed by atoms with Crippen LogP contribution in [-0.4, -0.2) is 50.3 Å². The second-order valence-electron chi connectivity index (χ2n) is 5.56. The van der Waals surface area contributed by atoms with Crippen LogP contribution in [0.2, 0.25) is 0 Å². The molecule has 1 saturated heterocycles. The fourth-order valence-corrected chi connectivity index (χ4v) is 2.35. The van der Waals surface area contributed by atoms with E-state index in [1.807, 2.05) is 0 Å². The fraction of sp³-hybridized carbons (Fsp3) is 1.00. The van der Waals surface area contributed by atoms with Crippen molar-refractivity contribution in [2.45, 2.75) is 46.1 Å². The van der Waals surface area contributed by atoms with Crippen LogP contribution < -0.4 is 5.32 Å². The zero-order valence-corrected chi connectivity index (χ0v) is 11.9. The predicted octanol–water partition coefficient (Wildman–Crippen LogP) is 2.12. The van der Waals surface area contributed by atoms with Gasteiger partial charge in [-0.1, -0.05) is 27.2 Å². The van der Waals surface area contributed by atoms with Gasteiger partial charge in [-0.3, -0.25) is 0 Å². The number of hydrogen-bond donors (Lipinski definition) is 1. The Hall–Kier alpha value is -0.120. The zero-order chi connectivity index (χ0) is 12.5. The van der Waals surface area contributed by atoms with E-state index >= 15 is 0 Å². The van der Waals surface area contributed by atoms with Crippen molar-refractivity contribution in [3.05, 3.63) is 0 Å². The van der Waals surface area contributed by atoms with Gasteiger partial charge in [-0.25, -0.2) is 0 Å². The summed E-state index contributed by atoms with van der Waals surface area (Å²) in [6.45, 7) is 13.2. The van der Waals surface area contributed by atoms with Crippen molar-refractivity contribution in [1.29, 1.82) is 0 Å². The molecule has 1 N–H and O–H groups in total. The summed E-state index contributed by atoms with van der Waals surface area (Å²) in [7, 11) is 0. The van der Waals surface area contributed by atoms with Gasteiger partial charge in [-0.2, -0.15) is 0 Å². The van der Waals surface area contributed by atoms with Crippen LogP contribution in [-0.2, 0) is 4.74 Å². The Labute approximate surface area is 107 Å². The van der Waals surface area contributed by atoms with E-state index in [4.69, 9.17) is 4.74 Å². The summed E-state index contributed by atoms with van der Waals surface area (Å²) in [6, 6.07) is 0.713. The molecule has 3 heteroatoms. The average Bonchev–Trinajstić information content (AvgIpc) is 2.29. The van der Waals surface area contributed by atoms with Gasteiger partial charge < -0.3 is 15.0 Å². The summed E-state index contributed by atoms with van der Waals surface area (Å²) in [4.78, 5) is 2.58. The molecule has 0 aromatic rings. The Morgan fingerprint density at radius 1 is 1.41 bits per heavy atom. The van der Waals surface area contributed by atoms with Crippen LogP contribution in [0.4, 0.5) is 0 Å². The maximum atomic E-state index is 5.62. The van der Waals surface area contributed by atoms with E-state index in [1.54, 1.807) is 0 Å². The van der Waals surface area contributed by atoms with E-state index in [0.29, 0.717) is 12.0 Å². The van der Waals surface area contributed by atoms with Crippen molar-refractivity contribution in [3.8, 4) is 0 Å². The molecule has 1 aliphatic heterocycles. The Morgan fingerprint density at radius 2 is 2.24 bits per heavy atom. The van der Waals surface area contributed by atoms with Crippen molar-refractivity contribution in [2.75, 3.05) is 39.4 Å². The minimum atomic E-state index is 0.656. The number of nitrogens with one attached hydrogen (secondary N) is 1. The molecule has 0 saturated carbocycles. The Balaban J connectivity index is 2.02. The molecule has 0 aliphatic carbocycles.